The van der Waals surface area contributed by atoms with E-state index in [9.17, 15) is 14.0 Å². The van der Waals surface area contributed by atoms with Crippen molar-refractivity contribution in [2.75, 3.05) is 57.5 Å². The standard InChI is InChI=1S/C26H30FN7O2/c1-31(2)23(35)19-10-17-15-28-25(30-22(17)34(24(19)36)26-12-16(13-26)14-26)29-18-4-5-21(20(27)11-18)33-8-6-32(3)7-9-33/h4-5,10-11,15-16H,6-9,12-14H2,1-3H3,(H,28,29,30). The van der Waals surface area contributed by atoms with Gasteiger partial charge in [0.25, 0.3) is 11.5 Å². The second-order valence-corrected chi connectivity index (χ2v) is 10.7. The summed E-state index contributed by atoms with van der Waals surface area (Å²) < 4.78 is 16.7. The molecule has 188 valence electrons. The molecule has 7 rings (SSSR count). The molecule has 3 aliphatic carbocycles. The largest absolute Gasteiger partial charge is 0.367 e. The predicted molar refractivity (Wildman–Crippen MR) is 137 cm³/mol. The molecule has 9 nitrogen and oxygen atoms in total. The number of aromatic nitrogens is 3. The number of halogens is 1. The van der Waals surface area contributed by atoms with E-state index in [1.165, 1.54) is 11.0 Å². The van der Waals surface area contributed by atoms with E-state index < -0.39 is 0 Å². The highest BCUT2D eigenvalue weighted by atomic mass is 19.1. The van der Waals surface area contributed by atoms with Gasteiger partial charge in [-0.3, -0.25) is 14.2 Å². The number of hydrogen-bond acceptors (Lipinski definition) is 7. The average Bonchev–Trinajstić information content (AvgIpc) is 2.79. The first-order valence-electron chi connectivity index (χ1n) is 12.4. The Morgan fingerprint density at radius 2 is 1.86 bits per heavy atom. The molecule has 4 aliphatic rings. The third-order valence-corrected chi connectivity index (χ3v) is 7.91. The average molecular weight is 492 g/mol. The number of likely N-dealkylation sites (N-methyl/N-ethyl adjacent to an activating group) is 1. The highest BCUT2D eigenvalue weighted by molar-refractivity contribution is 5.96. The molecule has 0 atom stereocenters. The predicted octanol–water partition coefficient (Wildman–Crippen LogP) is 2.64. The van der Waals surface area contributed by atoms with Crippen LogP contribution in [0.25, 0.3) is 11.0 Å². The van der Waals surface area contributed by atoms with Crippen molar-refractivity contribution < 1.29 is 9.18 Å². The van der Waals surface area contributed by atoms with Crippen LogP contribution in [0.4, 0.5) is 21.7 Å². The molecular weight excluding hydrogens is 461 g/mol. The van der Waals surface area contributed by atoms with Gasteiger partial charge in [-0.15, -0.1) is 0 Å². The number of nitrogens with zero attached hydrogens (tertiary/aromatic N) is 6. The van der Waals surface area contributed by atoms with Crippen molar-refractivity contribution in [3.05, 3.63) is 52.2 Å². The van der Waals surface area contributed by atoms with Crippen molar-refractivity contribution in [3.63, 3.8) is 0 Å². The number of carbonyl (C=O) groups is 1. The number of benzene rings is 1. The van der Waals surface area contributed by atoms with Crippen LogP contribution in [0.15, 0.2) is 35.3 Å². The Balaban J connectivity index is 1.34. The molecule has 3 aromatic rings. The summed E-state index contributed by atoms with van der Waals surface area (Å²) in [5.74, 6) is 0.283. The van der Waals surface area contributed by atoms with Crippen LogP contribution >= 0.6 is 0 Å². The molecule has 36 heavy (non-hydrogen) atoms. The van der Waals surface area contributed by atoms with Crippen molar-refractivity contribution in [2.24, 2.45) is 5.92 Å². The van der Waals surface area contributed by atoms with Gasteiger partial charge in [-0.05, 0) is 56.5 Å². The van der Waals surface area contributed by atoms with Gasteiger partial charge in [0.15, 0.2) is 0 Å². The van der Waals surface area contributed by atoms with Crippen molar-refractivity contribution in [1.82, 2.24) is 24.3 Å². The van der Waals surface area contributed by atoms with E-state index in [0.29, 0.717) is 28.3 Å². The first-order chi connectivity index (χ1) is 17.2. The summed E-state index contributed by atoms with van der Waals surface area (Å²) in [6.07, 6.45) is 4.39. The van der Waals surface area contributed by atoms with Gasteiger partial charge in [-0.25, -0.2) is 9.37 Å². The lowest BCUT2D eigenvalue weighted by Gasteiger charge is -2.62. The van der Waals surface area contributed by atoms with E-state index in [1.54, 1.807) is 37.0 Å². The van der Waals surface area contributed by atoms with Crippen LogP contribution in [-0.2, 0) is 5.54 Å². The monoisotopic (exact) mass is 491 g/mol. The van der Waals surface area contributed by atoms with Crippen LogP contribution in [0.3, 0.4) is 0 Å². The van der Waals surface area contributed by atoms with Gasteiger partial charge in [-0.1, -0.05) is 0 Å². The van der Waals surface area contributed by atoms with E-state index in [2.05, 4.69) is 32.1 Å². The Bertz CT molecular complexity index is 1410. The summed E-state index contributed by atoms with van der Waals surface area (Å²) >= 11 is 0. The molecule has 3 heterocycles. The number of nitrogens with one attached hydrogen (secondary N) is 1. The van der Waals surface area contributed by atoms with Crippen molar-refractivity contribution in [3.8, 4) is 0 Å². The molecule has 10 heteroatoms. The molecule has 1 aromatic carbocycles. The Morgan fingerprint density at radius 3 is 2.47 bits per heavy atom. The number of rotatable bonds is 5. The van der Waals surface area contributed by atoms with Crippen LogP contribution in [0.5, 0.6) is 0 Å². The molecule has 1 saturated heterocycles. The molecule has 1 amide bonds. The van der Waals surface area contributed by atoms with Gasteiger partial charge in [0.1, 0.15) is 17.0 Å². The zero-order valence-electron chi connectivity index (χ0n) is 20.8. The van der Waals surface area contributed by atoms with E-state index in [0.717, 1.165) is 45.4 Å². The lowest BCUT2D eigenvalue weighted by atomic mass is 9.49. The Kier molecular flexibility index (Phi) is 5.26. The molecule has 4 fully saturated rings. The topological polar surface area (TPSA) is 86.6 Å². The maximum atomic E-state index is 15.0. The molecule has 2 bridgehead atoms. The van der Waals surface area contributed by atoms with Crippen LogP contribution in [-0.4, -0.2) is 77.6 Å². The lowest BCUT2D eigenvalue weighted by molar-refractivity contribution is -0.0884. The molecule has 0 unspecified atom stereocenters. The fraction of sp³-hybridized carbons (Fsp3) is 0.462. The number of anilines is 3. The minimum atomic E-state index is -0.333. The minimum absolute atomic E-state index is 0.128. The molecule has 3 saturated carbocycles. The highest BCUT2D eigenvalue weighted by Gasteiger charge is 2.59. The number of pyridine rings is 1. The maximum absolute atomic E-state index is 15.0. The Labute approximate surface area is 208 Å². The second-order valence-electron chi connectivity index (χ2n) is 10.7. The van der Waals surface area contributed by atoms with Gasteiger partial charge in [0.05, 0.1) is 11.2 Å². The van der Waals surface area contributed by atoms with Crippen LogP contribution < -0.4 is 15.8 Å². The lowest BCUT2D eigenvalue weighted by Crippen LogP contribution is -2.62. The first kappa shape index (κ1) is 22.9. The van der Waals surface area contributed by atoms with Gasteiger partial charge in [0, 0.05) is 57.5 Å². The number of carbonyl (C=O) groups excluding carboxylic acids is 1. The zero-order chi connectivity index (χ0) is 25.2. The smallest absolute Gasteiger partial charge is 0.265 e. The van der Waals surface area contributed by atoms with Gasteiger partial charge in [-0.2, -0.15) is 4.98 Å². The SMILES string of the molecule is CN1CCN(c2ccc(Nc3ncc4cc(C(=O)N(C)C)c(=O)n(C56CC(C5)C6)c4n3)cc2F)CC1. The number of amides is 1. The summed E-state index contributed by atoms with van der Waals surface area (Å²) in [4.78, 5) is 41.0. The maximum Gasteiger partial charge on any atom is 0.265 e. The molecule has 1 N–H and O–H groups in total. The number of hydrogen-bond donors (Lipinski definition) is 1. The van der Waals surface area contributed by atoms with Gasteiger partial charge in [0.2, 0.25) is 5.95 Å². The Hall–Kier alpha value is -3.53. The summed E-state index contributed by atoms with van der Waals surface area (Å²) in [6, 6.07) is 6.63. The summed E-state index contributed by atoms with van der Waals surface area (Å²) in [6.45, 7) is 3.37. The highest BCUT2D eigenvalue weighted by Crippen LogP contribution is 2.62. The summed E-state index contributed by atoms with van der Waals surface area (Å²) in [5.41, 5.74) is 1.16. The van der Waals surface area contributed by atoms with Crippen LogP contribution in [0, 0.1) is 11.7 Å². The second kappa shape index (κ2) is 8.26. The Morgan fingerprint density at radius 1 is 1.14 bits per heavy atom. The van der Waals surface area contributed by atoms with Crippen molar-refractivity contribution >= 4 is 34.3 Å². The number of fused-ring (bicyclic) bond motifs is 1. The van der Waals surface area contributed by atoms with E-state index >= 15 is 0 Å². The third kappa shape index (κ3) is 3.62. The quantitative estimate of drug-likeness (QED) is 0.587. The fourth-order valence-corrected chi connectivity index (χ4v) is 5.72. The third-order valence-electron chi connectivity index (χ3n) is 7.91. The fourth-order valence-electron chi connectivity index (χ4n) is 5.72. The molecule has 0 radical (unpaired) electrons. The molecular formula is C26H30FN7O2. The normalized spacial score (nSPS) is 23.2. The van der Waals surface area contributed by atoms with E-state index in [4.69, 9.17) is 0 Å². The van der Waals surface area contributed by atoms with Crippen molar-refractivity contribution in [1.29, 1.82) is 0 Å². The van der Waals surface area contributed by atoms with Gasteiger partial charge >= 0.3 is 0 Å². The summed E-state index contributed by atoms with van der Waals surface area (Å²) in [7, 11) is 5.34. The van der Waals surface area contributed by atoms with Gasteiger partial charge < -0.3 is 20.0 Å². The minimum Gasteiger partial charge on any atom is -0.367 e. The summed E-state index contributed by atoms with van der Waals surface area (Å²) in [5, 5.41) is 3.73. The molecule has 1 aliphatic heterocycles. The van der Waals surface area contributed by atoms with Crippen LogP contribution in [0.2, 0.25) is 0 Å². The van der Waals surface area contributed by atoms with E-state index in [1.807, 2.05) is 6.07 Å². The van der Waals surface area contributed by atoms with E-state index in [-0.39, 0.29) is 34.3 Å². The molecule has 0 spiro atoms. The van der Waals surface area contributed by atoms with Crippen molar-refractivity contribution in [2.45, 2.75) is 24.8 Å². The van der Waals surface area contributed by atoms with Crippen LogP contribution in [0.1, 0.15) is 29.6 Å². The number of piperazine rings is 1. The first-order valence-corrected chi connectivity index (χ1v) is 12.4. The molecule has 2 aromatic heterocycles. The zero-order valence-corrected chi connectivity index (χ0v) is 20.8.